The molecule has 0 aliphatic heterocycles. The molecule has 0 saturated carbocycles. The molecule has 1 amide bonds. The SMILES string of the molecule is COc1ccc(C[C@@H](CC(=O)O)N(C)C(=O)OCc2ccccc2)cc1. The standard InChI is InChI=1S/C20H23NO5/c1-21(20(24)26-14-16-6-4-3-5-7-16)17(13-19(22)23)12-15-8-10-18(25-2)11-9-15/h3-11,17H,12-14H2,1-2H3,(H,22,23)/t17-/m0/s1. The van der Waals surface area contributed by atoms with Crippen molar-refractivity contribution < 1.29 is 24.2 Å². The predicted octanol–water partition coefficient (Wildman–Crippen LogP) is 3.35. The van der Waals surface area contributed by atoms with Crippen LogP contribution in [0.4, 0.5) is 4.79 Å². The van der Waals surface area contributed by atoms with Crippen molar-refractivity contribution in [1.29, 1.82) is 0 Å². The van der Waals surface area contributed by atoms with Gasteiger partial charge in [0, 0.05) is 13.1 Å². The zero-order chi connectivity index (χ0) is 18.9. The van der Waals surface area contributed by atoms with Gasteiger partial charge < -0.3 is 19.5 Å². The normalized spacial score (nSPS) is 11.5. The van der Waals surface area contributed by atoms with Crippen molar-refractivity contribution in [3.05, 3.63) is 65.7 Å². The second-order valence-electron chi connectivity index (χ2n) is 5.95. The zero-order valence-corrected chi connectivity index (χ0v) is 14.9. The van der Waals surface area contributed by atoms with E-state index in [1.165, 1.54) is 4.90 Å². The van der Waals surface area contributed by atoms with Crippen molar-refractivity contribution in [3.63, 3.8) is 0 Å². The van der Waals surface area contributed by atoms with Crippen LogP contribution in [0.5, 0.6) is 5.75 Å². The number of likely N-dealkylation sites (N-methyl/N-ethyl adjacent to an activating group) is 1. The van der Waals surface area contributed by atoms with E-state index in [0.717, 1.165) is 16.9 Å². The number of methoxy groups -OCH3 is 1. The van der Waals surface area contributed by atoms with Crippen molar-refractivity contribution in [2.75, 3.05) is 14.2 Å². The van der Waals surface area contributed by atoms with E-state index < -0.39 is 18.1 Å². The van der Waals surface area contributed by atoms with Crippen LogP contribution in [-0.4, -0.2) is 42.3 Å². The van der Waals surface area contributed by atoms with Gasteiger partial charge in [0.15, 0.2) is 0 Å². The van der Waals surface area contributed by atoms with Gasteiger partial charge in [0.05, 0.1) is 13.5 Å². The summed E-state index contributed by atoms with van der Waals surface area (Å²) in [6.07, 6.45) is -0.301. The van der Waals surface area contributed by atoms with Gasteiger partial charge in [-0.05, 0) is 29.7 Å². The molecule has 0 fully saturated rings. The molecular formula is C20H23NO5. The first-order chi connectivity index (χ1) is 12.5. The van der Waals surface area contributed by atoms with Gasteiger partial charge in [0.2, 0.25) is 0 Å². The molecule has 0 aliphatic carbocycles. The largest absolute Gasteiger partial charge is 0.497 e. The first-order valence-corrected chi connectivity index (χ1v) is 8.28. The van der Waals surface area contributed by atoms with Crippen molar-refractivity contribution in [2.24, 2.45) is 0 Å². The number of carboxylic acid groups (broad SMARTS) is 1. The Hall–Kier alpha value is -3.02. The lowest BCUT2D eigenvalue weighted by Gasteiger charge is -2.26. The van der Waals surface area contributed by atoms with Crippen LogP contribution in [-0.2, 0) is 22.6 Å². The van der Waals surface area contributed by atoms with Crippen LogP contribution in [0.2, 0.25) is 0 Å². The lowest BCUT2D eigenvalue weighted by atomic mass is 10.0. The maximum atomic E-state index is 12.3. The predicted molar refractivity (Wildman–Crippen MR) is 97.1 cm³/mol. The third-order valence-corrected chi connectivity index (χ3v) is 4.08. The molecule has 0 heterocycles. The molecule has 1 atom stereocenters. The summed E-state index contributed by atoms with van der Waals surface area (Å²) in [4.78, 5) is 24.9. The lowest BCUT2D eigenvalue weighted by molar-refractivity contribution is -0.138. The second kappa shape index (κ2) is 9.46. The smallest absolute Gasteiger partial charge is 0.410 e. The number of hydrogen-bond donors (Lipinski definition) is 1. The molecule has 0 spiro atoms. The summed E-state index contributed by atoms with van der Waals surface area (Å²) >= 11 is 0. The molecular weight excluding hydrogens is 334 g/mol. The molecule has 138 valence electrons. The Bertz CT molecular complexity index is 715. The van der Waals surface area contributed by atoms with Gasteiger partial charge in [-0.1, -0.05) is 42.5 Å². The first-order valence-electron chi connectivity index (χ1n) is 8.28. The highest BCUT2D eigenvalue weighted by Crippen LogP contribution is 2.17. The van der Waals surface area contributed by atoms with Crippen LogP contribution in [0, 0.1) is 0 Å². The van der Waals surface area contributed by atoms with Crippen molar-refractivity contribution in [3.8, 4) is 5.75 Å². The van der Waals surface area contributed by atoms with E-state index in [4.69, 9.17) is 9.47 Å². The Morgan fingerprint density at radius 3 is 2.27 bits per heavy atom. The number of aliphatic carboxylic acids is 1. The third-order valence-electron chi connectivity index (χ3n) is 4.08. The van der Waals surface area contributed by atoms with E-state index in [9.17, 15) is 14.7 Å². The summed E-state index contributed by atoms with van der Waals surface area (Å²) in [6.45, 7) is 0.145. The first kappa shape index (κ1) is 19.3. The summed E-state index contributed by atoms with van der Waals surface area (Å²) in [5, 5.41) is 9.18. The quantitative estimate of drug-likeness (QED) is 0.784. The van der Waals surface area contributed by atoms with Crippen LogP contribution in [0.25, 0.3) is 0 Å². The van der Waals surface area contributed by atoms with Crippen molar-refractivity contribution in [2.45, 2.75) is 25.5 Å². The number of carboxylic acids is 1. The van der Waals surface area contributed by atoms with E-state index >= 15 is 0 Å². The van der Waals surface area contributed by atoms with Gasteiger partial charge in [-0.15, -0.1) is 0 Å². The molecule has 1 N–H and O–H groups in total. The van der Waals surface area contributed by atoms with Crippen molar-refractivity contribution in [1.82, 2.24) is 4.90 Å². The van der Waals surface area contributed by atoms with Crippen LogP contribution < -0.4 is 4.74 Å². The summed E-state index contributed by atoms with van der Waals surface area (Å²) in [5.41, 5.74) is 1.79. The molecule has 0 saturated heterocycles. The van der Waals surface area contributed by atoms with Gasteiger partial charge >= 0.3 is 12.1 Å². The minimum Gasteiger partial charge on any atom is -0.497 e. The molecule has 26 heavy (non-hydrogen) atoms. The number of carbonyl (C=O) groups is 2. The van der Waals surface area contributed by atoms with Crippen LogP contribution in [0.15, 0.2) is 54.6 Å². The molecule has 6 heteroatoms. The molecule has 6 nitrogen and oxygen atoms in total. The minimum absolute atomic E-state index is 0.145. The van der Waals surface area contributed by atoms with E-state index in [0.29, 0.717) is 6.42 Å². The Balaban J connectivity index is 2.01. The monoisotopic (exact) mass is 357 g/mol. The molecule has 0 aromatic heterocycles. The van der Waals surface area contributed by atoms with Gasteiger partial charge in [0.25, 0.3) is 0 Å². The van der Waals surface area contributed by atoms with Gasteiger partial charge in [-0.25, -0.2) is 4.79 Å². The maximum Gasteiger partial charge on any atom is 0.410 e. The molecule has 0 unspecified atom stereocenters. The highest BCUT2D eigenvalue weighted by Gasteiger charge is 2.24. The van der Waals surface area contributed by atoms with Crippen LogP contribution in [0.3, 0.4) is 0 Å². The Morgan fingerprint density at radius 1 is 1.04 bits per heavy atom. The highest BCUT2D eigenvalue weighted by molar-refractivity contribution is 5.71. The summed E-state index contributed by atoms with van der Waals surface area (Å²) < 4.78 is 10.4. The van der Waals surface area contributed by atoms with E-state index in [-0.39, 0.29) is 13.0 Å². The van der Waals surface area contributed by atoms with Crippen LogP contribution in [0.1, 0.15) is 17.5 Å². The van der Waals surface area contributed by atoms with Crippen molar-refractivity contribution >= 4 is 12.1 Å². The third kappa shape index (κ3) is 5.81. The highest BCUT2D eigenvalue weighted by atomic mass is 16.6. The lowest BCUT2D eigenvalue weighted by Crippen LogP contribution is -2.40. The van der Waals surface area contributed by atoms with E-state index in [1.807, 2.05) is 42.5 Å². The minimum atomic E-state index is -0.966. The maximum absolute atomic E-state index is 12.3. The fraction of sp³-hybridized carbons (Fsp3) is 0.300. The number of rotatable bonds is 8. The Kier molecular flexibility index (Phi) is 7.02. The summed E-state index contributed by atoms with van der Waals surface area (Å²) in [6, 6.07) is 16.2. The fourth-order valence-corrected chi connectivity index (χ4v) is 2.55. The average molecular weight is 357 g/mol. The molecule has 0 radical (unpaired) electrons. The van der Waals surface area contributed by atoms with Gasteiger partial charge in [-0.3, -0.25) is 4.79 Å². The molecule has 0 aliphatic rings. The Morgan fingerprint density at radius 2 is 1.69 bits per heavy atom. The number of hydrogen-bond acceptors (Lipinski definition) is 4. The van der Waals surface area contributed by atoms with E-state index in [1.54, 1.807) is 26.3 Å². The molecule has 2 rings (SSSR count). The second-order valence-corrected chi connectivity index (χ2v) is 5.95. The number of carbonyl (C=O) groups excluding carboxylic acids is 1. The molecule has 2 aromatic rings. The topological polar surface area (TPSA) is 76.1 Å². The summed E-state index contributed by atoms with van der Waals surface area (Å²) in [5.74, 6) is -0.245. The average Bonchev–Trinajstić information content (AvgIpc) is 2.66. The number of amides is 1. The summed E-state index contributed by atoms with van der Waals surface area (Å²) in [7, 11) is 3.14. The Labute approximate surface area is 153 Å². The number of ether oxygens (including phenoxy) is 2. The van der Waals surface area contributed by atoms with Crippen LogP contribution >= 0.6 is 0 Å². The fourth-order valence-electron chi connectivity index (χ4n) is 2.55. The number of nitrogens with zero attached hydrogens (tertiary/aromatic N) is 1. The van der Waals surface area contributed by atoms with E-state index in [2.05, 4.69) is 0 Å². The zero-order valence-electron chi connectivity index (χ0n) is 14.9. The van der Waals surface area contributed by atoms with Gasteiger partial charge in [-0.2, -0.15) is 0 Å². The number of benzene rings is 2. The molecule has 0 bridgehead atoms. The van der Waals surface area contributed by atoms with Gasteiger partial charge in [0.1, 0.15) is 12.4 Å². The molecule has 2 aromatic carbocycles.